The van der Waals surface area contributed by atoms with E-state index in [1.54, 1.807) is 28.9 Å². The standard InChI is InChI=1S/C18H21N3O2S3/c1-5-10-24-17-16(26(22,23)15-8-6-12(2)7-9-15)19-18(25-17)21-14(4)11-13(3)20-21/h6-9,11H,5,10H2,1-4H3. The van der Waals surface area contributed by atoms with Gasteiger partial charge in [-0.3, -0.25) is 0 Å². The molecule has 0 aliphatic carbocycles. The first-order chi connectivity index (χ1) is 12.3. The first-order valence-corrected chi connectivity index (χ1v) is 11.6. The fraction of sp³-hybridized carbons (Fsp3) is 0.333. The van der Waals surface area contributed by atoms with Crippen LogP contribution in [0.4, 0.5) is 0 Å². The highest BCUT2D eigenvalue weighted by atomic mass is 32.2. The highest BCUT2D eigenvalue weighted by molar-refractivity contribution is 8.02. The van der Waals surface area contributed by atoms with Crippen molar-refractivity contribution in [2.45, 2.75) is 48.2 Å². The van der Waals surface area contributed by atoms with Gasteiger partial charge in [0.25, 0.3) is 0 Å². The van der Waals surface area contributed by atoms with Gasteiger partial charge < -0.3 is 0 Å². The predicted octanol–water partition coefficient (Wildman–Crippen LogP) is 4.59. The summed E-state index contributed by atoms with van der Waals surface area (Å²) in [6.07, 6.45) is 0.960. The third-order valence-electron chi connectivity index (χ3n) is 3.77. The van der Waals surface area contributed by atoms with Gasteiger partial charge in [0, 0.05) is 5.69 Å². The van der Waals surface area contributed by atoms with Gasteiger partial charge in [0.2, 0.25) is 15.0 Å². The predicted molar refractivity (Wildman–Crippen MR) is 106 cm³/mol. The quantitative estimate of drug-likeness (QED) is 0.559. The third-order valence-corrected chi connectivity index (χ3v) is 8.22. The van der Waals surface area contributed by atoms with Gasteiger partial charge in [0.1, 0.15) is 4.21 Å². The molecule has 2 heterocycles. The van der Waals surface area contributed by atoms with E-state index in [0.717, 1.165) is 33.3 Å². The van der Waals surface area contributed by atoms with Gasteiger partial charge in [0.15, 0.2) is 5.03 Å². The lowest BCUT2D eigenvalue weighted by atomic mass is 10.2. The van der Waals surface area contributed by atoms with Crippen LogP contribution in [0.1, 0.15) is 30.3 Å². The summed E-state index contributed by atoms with van der Waals surface area (Å²) in [6.45, 7) is 7.86. The second-order valence-electron chi connectivity index (χ2n) is 6.09. The Morgan fingerprint density at radius 1 is 1.15 bits per heavy atom. The van der Waals surface area contributed by atoms with Crippen molar-refractivity contribution >= 4 is 32.9 Å². The molecule has 0 N–H and O–H groups in total. The summed E-state index contributed by atoms with van der Waals surface area (Å²) in [5.41, 5.74) is 2.83. The summed E-state index contributed by atoms with van der Waals surface area (Å²) in [4.78, 5) is 4.76. The van der Waals surface area contributed by atoms with Crippen molar-refractivity contribution < 1.29 is 8.42 Å². The number of hydrogen-bond acceptors (Lipinski definition) is 6. The Balaban J connectivity index is 2.12. The van der Waals surface area contributed by atoms with Crippen LogP contribution in [0.25, 0.3) is 5.13 Å². The second-order valence-corrected chi connectivity index (χ2v) is 10.3. The molecule has 0 aliphatic heterocycles. The molecule has 0 spiro atoms. The van der Waals surface area contributed by atoms with E-state index in [4.69, 9.17) is 0 Å². The number of hydrogen-bond donors (Lipinski definition) is 0. The third kappa shape index (κ3) is 3.72. The lowest BCUT2D eigenvalue weighted by Crippen LogP contribution is -2.05. The first-order valence-electron chi connectivity index (χ1n) is 8.32. The van der Waals surface area contributed by atoms with Gasteiger partial charge in [-0.2, -0.15) is 5.10 Å². The molecule has 0 saturated carbocycles. The maximum Gasteiger partial charge on any atom is 0.225 e. The zero-order valence-electron chi connectivity index (χ0n) is 15.2. The molecule has 5 nitrogen and oxygen atoms in total. The summed E-state index contributed by atoms with van der Waals surface area (Å²) in [7, 11) is -3.67. The number of aryl methyl sites for hydroxylation is 3. The minimum absolute atomic E-state index is 0.132. The van der Waals surface area contributed by atoms with Crippen LogP contribution >= 0.6 is 23.1 Å². The van der Waals surface area contributed by atoms with Gasteiger partial charge in [0.05, 0.1) is 10.6 Å². The van der Waals surface area contributed by atoms with Gasteiger partial charge in [-0.25, -0.2) is 18.1 Å². The SMILES string of the molecule is CCCSc1sc(-n2nc(C)cc2C)nc1S(=O)(=O)c1ccc(C)cc1. The molecule has 0 unspecified atom stereocenters. The molecule has 0 bridgehead atoms. The van der Waals surface area contributed by atoms with Gasteiger partial charge >= 0.3 is 0 Å². The van der Waals surface area contributed by atoms with Gasteiger partial charge in [-0.1, -0.05) is 36.0 Å². The van der Waals surface area contributed by atoms with E-state index in [9.17, 15) is 8.42 Å². The van der Waals surface area contributed by atoms with Crippen LogP contribution in [0, 0.1) is 20.8 Å². The van der Waals surface area contributed by atoms with Crippen LogP contribution in [0.2, 0.25) is 0 Å². The van der Waals surface area contributed by atoms with Crippen molar-refractivity contribution in [2.75, 3.05) is 5.75 Å². The van der Waals surface area contributed by atoms with E-state index in [0.29, 0.717) is 5.13 Å². The maximum atomic E-state index is 13.2. The molecule has 0 radical (unpaired) electrons. The van der Waals surface area contributed by atoms with Crippen molar-refractivity contribution in [3.8, 4) is 5.13 Å². The minimum atomic E-state index is -3.67. The highest BCUT2D eigenvalue weighted by Gasteiger charge is 2.27. The lowest BCUT2D eigenvalue weighted by molar-refractivity contribution is 0.590. The molecule has 3 rings (SSSR count). The van der Waals surface area contributed by atoms with E-state index in [-0.39, 0.29) is 9.92 Å². The normalized spacial score (nSPS) is 11.8. The first kappa shape index (κ1) is 19.1. The number of sulfone groups is 1. The van der Waals surface area contributed by atoms with Crippen LogP contribution in [-0.2, 0) is 9.84 Å². The molecule has 1 aromatic carbocycles. The molecule has 2 aromatic heterocycles. The van der Waals surface area contributed by atoms with Crippen molar-refractivity contribution in [1.82, 2.24) is 14.8 Å². The molecule has 0 fully saturated rings. The van der Waals surface area contributed by atoms with Crippen LogP contribution in [0.5, 0.6) is 0 Å². The van der Waals surface area contributed by atoms with Crippen LogP contribution in [-0.4, -0.2) is 28.9 Å². The number of thiazole rings is 1. The Morgan fingerprint density at radius 2 is 1.85 bits per heavy atom. The smallest absolute Gasteiger partial charge is 0.217 e. The van der Waals surface area contributed by atoms with Gasteiger partial charge in [-0.05, 0) is 51.1 Å². The monoisotopic (exact) mass is 407 g/mol. The highest BCUT2D eigenvalue weighted by Crippen LogP contribution is 2.37. The lowest BCUT2D eigenvalue weighted by Gasteiger charge is -2.04. The van der Waals surface area contributed by atoms with Crippen molar-refractivity contribution in [3.05, 3.63) is 47.3 Å². The Kier molecular flexibility index (Phi) is 5.55. The maximum absolute atomic E-state index is 13.2. The number of rotatable bonds is 6. The average molecular weight is 408 g/mol. The second kappa shape index (κ2) is 7.54. The molecule has 3 aromatic rings. The molecule has 138 valence electrons. The summed E-state index contributed by atoms with van der Waals surface area (Å²) in [5, 5.41) is 5.16. The Bertz CT molecular complexity index is 1020. The number of benzene rings is 1. The van der Waals surface area contributed by atoms with E-state index in [1.807, 2.05) is 26.8 Å². The van der Waals surface area contributed by atoms with Gasteiger partial charge in [-0.15, -0.1) is 11.8 Å². The summed E-state index contributed by atoms with van der Waals surface area (Å²) in [6, 6.07) is 8.84. The van der Waals surface area contributed by atoms with Crippen molar-refractivity contribution in [3.63, 3.8) is 0 Å². The fourth-order valence-corrected chi connectivity index (χ4v) is 6.62. The summed E-state index contributed by atoms with van der Waals surface area (Å²) in [5.74, 6) is 0.842. The summed E-state index contributed by atoms with van der Waals surface area (Å²) >= 11 is 2.91. The Morgan fingerprint density at radius 3 is 2.42 bits per heavy atom. The van der Waals surface area contributed by atoms with Crippen LogP contribution in [0.3, 0.4) is 0 Å². The average Bonchev–Trinajstić information content (AvgIpc) is 3.16. The number of nitrogens with zero attached hydrogens (tertiary/aromatic N) is 3. The summed E-state index contributed by atoms with van der Waals surface area (Å²) < 4.78 is 28.8. The Hall–Kier alpha value is -1.64. The van der Waals surface area contributed by atoms with E-state index >= 15 is 0 Å². The minimum Gasteiger partial charge on any atom is -0.217 e. The van der Waals surface area contributed by atoms with Crippen LogP contribution in [0.15, 0.2) is 44.5 Å². The molecule has 26 heavy (non-hydrogen) atoms. The molecule has 0 atom stereocenters. The molecule has 0 aliphatic rings. The molecular weight excluding hydrogens is 386 g/mol. The zero-order valence-corrected chi connectivity index (χ0v) is 17.6. The fourth-order valence-electron chi connectivity index (χ4n) is 2.48. The largest absolute Gasteiger partial charge is 0.225 e. The molecular formula is C18H21N3O2S3. The number of aromatic nitrogens is 3. The van der Waals surface area contributed by atoms with E-state index < -0.39 is 9.84 Å². The van der Waals surface area contributed by atoms with Crippen molar-refractivity contribution in [2.24, 2.45) is 0 Å². The molecule has 0 saturated heterocycles. The van der Waals surface area contributed by atoms with Crippen LogP contribution < -0.4 is 0 Å². The number of thioether (sulfide) groups is 1. The topological polar surface area (TPSA) is 64.8 Å². The molecule has 0 amide bonds. The molecule has 8 heteroatoms. The Labute approximate surface area is 162 Å². The van der Waals surface area contributed by atoms with E-state index in [1.165, 1.54) is 23.1 Å². The van der Waals surface area contributed by atoms with Crippen molar-refractivity contribution in [1.29, 1.82) is 0 Å². The van der Waals surface area contributed by atoms with E-state index in [2.05, 4.69) is 17.0 Å². The zero-order chi connectivity index (χ0) is 18.9.